The maximum atomic E-state index is 5.52. The predicted molar refractivity (Wildman–Crippen MR) is 96.4 cm³/mol. The highest BCUT2D eigenvalue weighted by Crippen LogP contribution is 2.24. The first kappa shape index (κ1) is 16.0. The third kappa shape index (κ3) is 3.33. The lowest BCUT2D eigenvalue weighted by molar-refractivity contribution is 0.0187. The van der Waals surface area contributed by atoms with Crippen molar-refractivity contribution in [1.29, 1.82) is 0 Å². The Bertz CT molecular complexity index is 828. The van der Waals surface area contributed by atoms with Crippen LogP contribution in [-0.2, 0) is 11.8 Å². The number of morpholine rings is 1. The van der Waals surface area contributed by atoms with Crippen molar-refractivity contribution in [3.05, 3.63) is 48.4 Å². The molecule has 0 radical (unpaired) electrons. The van der Waals surface area contributed by atoms with E-state index in [9.17, 15) is 0 Å². The quantitative estimate of drug-likeness (QED) is 0.766. The highest BCUT2D eigenvalue weighted by molar-refractivity contribution is 5.85. The van der Waals surface area contributed by atoms with Crippen molar-refractivity contribution in [3.8, 4) is 0 Å². The van der Waals surface area contributed by atoms with E-state index in [1.54, 1.807) is 11.0 Å². The number of aryl methyl sites for hydroxylation is 1. The SMILES string of the molecule is Cn1ncc2c(NC[C@H](c3ccccc3)N3CCOCC3)ncnc21. The topological polar surface area (TPSA) is 68.1 Å². The van der Waals surface area contributed by atoms with Crippen molar-refractivity contribution < 1.29 is 4.74 Å². The number of nitrogens with zero attached hydrogens (tertiary/aromatic N) is 5. The zero-order chi connectivity index (χ0) is 17.1. The van der Waals surface area contributed by atoms with Crippen LogP contribution in [0.25, 0.3) is 11.0 Å². The van der Waals surface area contributed by atoms with Crippen molar-refractivity contribution >= 4 is 16.9 Å². The summed E-state index contributed by atoms with van der Waals surface area (Å²) in [6.45, 7) is 4.21. The number of rotatable bonds is 5. The number of nitrogens with one attached hydrogen (secondary N) is 1. The molecule has 1 saturated heterocycles. The zero-order valence-corrected chi connectivity index (χ0v) is 14.3. The Morgan fingerprint density at radius 3 is 2.76 bits per heavy atom. The zero-order valence-electron chi connectivity index (χ0n) is 14.3. The van der Waals surface area contributed by atoms with Crippen molar-refractivity contribution in [2.45, 2.75) is 6.04 Å². The lowest BCUT2D eigenvalue weighted by Crippen LogP contribution is -2.41. The molecule has 2 aromatic heterocycles. The van der Waals surface area contributed by atoms with E-state index in [-0.39, 0.29) is 6.04 Å². The largest absolute Gasteiger partial charge is 0.379 e. The van der Waals surface area contributed by atoms with Gasteiger partial charge in [0.1, 0.15) is 12.1 Å². The summed E-state index contributed by atoms with van der Waals surface area (Å²) < 4.78 is 7.28. The molecule has 1 aromatic carbocycles. The molecule has 7 nitrogen and oxygen atoms in total. The first-order valence-corrected chi connectivity index (χ1v) is 8.56. The number of hydrogen-bond donors (Lipinski definition) is 1. The van der Waals surface area contributed by atoms with Gasteiger partial charge in [0, 0.05) is 26.7 Å². The van der Waals surface area contributed by atoms with Crippen molar-refractivity contribution in [2.75, 3.05) is 38.2 Å². The highest BCUT2D eigenvalue weighted by atomic mass is 16.5. The monoisotopic (exact) mass is 338 g/mol. The summed E-state index contributed by atoms with van der Waals surface area (Å²) in [5, 5.41) is 8.73. The molecule has 130 valence electrons. The van der Waals surface area contributed by atoms with Crippen LogP contribution in [-0.4, -0.2) is 57.5 Å². The van der Waals surface area contributed by atoms with E-state index in [1.807, 2.05) is 13.2 Å². The van der Waals surface area contributed by atoms with Gasteiger partial charge in [-0.05, 0) is 5.56 Å². The summed E-state index contributed by atoms with van der Waals surface area (Å²) in [5.74, 6) is 0.826. The molecule has 1 aliphatic rings. The molecular formula is C18H22N6O. The Morgan fingerprint density at radius 2 is 1.96 bits per heavy atom. The lowest BCUT2D eigenvalue weighted by atomic mass is 10.0. The van der Waals surface area contributed by atoms with Crippen LogP contribution in [0.5, 0.6) is 0 Å². The van der Waals surface area contributed by atoms with E-state index < -0.39 is 0 Å². The van der Waals surface area contributed by atoms with Gasteiger partial charge in [-0.2, -0.15) is 5.10 Å². The van der Waals surface area contributed by atoms with E-state index in [1.165, 1.54) is 5.56 Å². The van der Waals surface area contributed by atoms with Crippen LogP contribution < -0.4 is 5.32 Å². The van der Waals surface area contributed by atoms with Gasteiger partial charge in [-0.25, -0.2) is 9.97 Å². The van der Waals surface area contributed by atoms with Gasteiger partial charge in [-0.1, -0.05) is 30.3 Å². The molecule has 1 N–H and O–H groups in total. The molecule has 0 aliphatic carbocycles. The van der Waals surface area contributed by atoms with Crippen LogP contribution in [0.2, 0.25) is 0 Å². The molecule has 1 atom stereocenters. The number of anilines is 1. The lowest BCUT2D eigenvalue weighted by Gasteiger charge is -2.35. The van der Waals surface area contributed by atoms with E-state index in [4.69, 9.17) is 4.74 Å². The average Bonchev–Trinajstić information content (AvgIpc) is 3.06. The third-order valence-corrected chi connectivity index (χ3v) is 4.66. The summed E-state index contributed by atoms with van der Waals surface area (Å²) in [5.41, 5.74) is 2.13. The minimum Gasteiger partial charge on any atom is -0.379 e. The molecule has 25 heavy (non-hydrogen) atoms. The van der Waals surface area contributed by atoms with Gasteiger partial charge in [0.05, 0.1) is 30.8 Å². The fraction of sp³-hybridized carbons (Fsp3) is 0.389. The standard InChI is InChI=1S/C18H22N6O/c1-23-18-15(11-22-23)17(20-13-21-18)19-12-16(14-5-3-2-4-6-14)24-7-9-25-10-8-24/h2-6,11,13,16H,7-10,12H2,1H3,(H,19,20,21)/t16-/m1/s1. The molecule has 0 amide bonds. The Balaban J connectivity index is 1.58. The number of benzene rings is 1. The van der Waals surface area contributed by atoms with E-state index >= 15 is 0 Å². The number of aromatic nitrogens is 4. The first-order valence-electron chi connectivity index (χ1n) is 8.56. The van der Waals surface area contributed by atoms with Crippen LogP contribution in [0.15, 0.2) is 42.9 Å². The highest BCUT2D eigenvalue weighted by Gasteiger charge is 2.23. The molecule has 0 bridgehead atoms. The normalized spacial score (nSPS) is 16.8. The molecule has 3 heterocycles. The molecule has 3 aromatic rings. The van der Waals surface area contributed by atoms with Crippen LogP contribution in [0.1, 0.15) is 11.6 Å². The molecule has 1 fully saturated rings. The van der Waals surface area contributed by atoms with Gasteiger partial charge >= 0.3 is 0 Å². The predicted octanol–water partition coefficient (Wildman–Crippen LogP) is 1.85. The van der Waals surface area contributed by atoms with Crippen molar-refractivity contribution in [1.82, 2.24) is 24.6 Å². The second-order valence-corrected chi connectivity index (χ2v) is 6.18. The third-order valence-electron chi connectivity index (χ3n) is 4.66. The van der Waals surface area contributed by atoms with Crippen molar-refractivity contribution in [2.24, 2.45) is 7.05 Å². The minimum atomic E-state index is 0.270. The summed E-state index contributed by atoms with van der Waals surface area (Å²) >= 11 is 0. The van der Waals surface area contributed by atoms with E-state index in [0.29, 0.717) is 0 Å². The molecule has 7 heteroatoms. The van der Waals surface area contributed by atoms with Gasteiger partial charge < -0.3 is 10.1 Å². The molecule has 0 saturated carbocycles. The van der Waals surface area contributed by atoms with Crippen LogP contribution >= 0.6 is 0 Å². The summed E-state index contributed by atoms with van der Waals surface area (Å²) in [4.78, 5) is 11.2. The number of ether oxygens (including phenoxy) is 1. The maximum absolute atomic E-state index is 5.52. The smallest absolute Gasteiger partial charge is 0.163 e. The summed E-state index contributed by atoms with van der Waals surface area (Å²) in [7, 11) is 1.89. The molecular weight excluding hydrogens is 316 g/mol. The summed E-state index contributed by atoms with van der Waals surface area (Å²) in [6.07, 6.45) is 3.39. The van der Waals surface area contributed by atoms with Crippen LogP contribution in [0.3, 0.4) is 0 Å². The van der Waals surface area contributed by atoms with Gasteiger partial charge in [-0.15, -0.1) is 0 Å². The second-order valence-electron chi connectivity index (χ2n) is 6.18. The van der Waals surface area contributed by atoms with Gasteiger partial charge in [0.15, 0.2) is 5.65 Å². The van der Waals surface area contributed by atoms with Gasteiger partial charge in [0.25, 0.3) is 0 Å². The van der Waals surface area contributed by atoms with Crippen LogP contribution in [0.4, 0.5) is 5.82 Å². The van der Waals surface area contributed by atoms with Crippen molar-refractivity contribution in [3.63, 3.8) is 0 Å². The molecule has 4 rings (SSSR count). The molecule has 0 unspecified atom stereocenters. The second kappa shape index (κ2) is 7.16. The Morgan fingerprint density at radius 1 is 1.16 bits per heavy atom. The maximum Gasteiger partial charge on any atom is 0.163 e. The van der Waals surface area contributed by atoms with Gasteiger partial charge in [0.2, 0.25) is 0 Å². The average molecular weight is 338 g/mol. The Kier molecular flexibility index (Phi) is 4.58. The first-order chi connectivity index (χ1) is 12.3. The van der Waals surface area contributed by atoms with E-state index in [2.05, 4.69) is 55.6 Å². The van der Waals surface area contributed by atoms with Crippen LogP contribution in [0, 0.1) is 0 Å². The Labute approximate surface area is 146 Å². The minimum absolute atomic E-state index is 0.270. The number of fused-ring (bicyclic) bond motifs is 1. The Hall–Kier alpha value is -2.51. The fourth-order valence-corrected chi connectivity index (χ4v) is 3.32. The fourth-order valence-electron chi connectivity index (χ4n) is 3.32. The summed E-state index contributed by atoms with van der Waals surface area (Å²) in [6, 6.07) is 10.9. The van der Waals surface area contributed by atoms with Gasteiger partial charge in [-0.3, -0.25) is 9.58 Å². The number of hydrogen-bond acceptors (Lipinski definition) is 6. The molecule has 1 aliphatic heterocycles. The van der Waals surface area contributed by atoms with E-state index in [0.717, 1.165) is 49.7 Å². The molecule has 0 spiro atoms.